The summed E-state index contributed by atoms with van der Waals surface area (Å²) in [6, 6.07) is 77.6. The Labute approximate surface area is 315 Å². The SMILES string of the molecule is c1ccc(C2(c3ccccc3)c3ccccc3-c3c2c2cccc4c5c(c6cccc3c6c24)-c2ccccc2C5(c2ccccc2)c2ccccc2)cc1. The molecule has 10 aromatic carbocycles. The molecule has 0 nitrogen and oxygen atoms in total. The van der Waals surface area contributed by atoms with E-state index in [9.17, 15) is 0 Å². The summed E-state index contributed by atoms with van der Waals surface area (Å²) in [4.78, 5) is 0. The van der Waals surface area contributed by atoms with Crippen LogP contribution in [0.2, 0.25) is 0 Å². The maximum absolute atomic E-state index is 2.42. The number of hydrogen-bond donors (Lipinski definition) is 0. The van der Waals surface area contributed by atoms with Crippen molar-refractivity contribution in [2.75, 3.05) is 0 Å². The number of hydrogen-bond acceptors (Lipinski definition) is 0. The Hall–Kier alpha value is -6.76. The van der Waals surface area contributed by atoms with Gasteiger partial charge in [0.25, 0.3) is 0 Å². The molecule has 0 heteroatoms. The standard InChI is InChI=1S/C54H34/c1-5-19-35(20-6-1)53(36-21-7-2-8-22-36)45-33-15-13-27-39(45)49-41-29-17-30-42-47(41)48-43(51(49)53)31-18-32-44(48)52-50(42)40-28-14-16-34-46(40)54(52,37-23-9-3-10-24-37)38-25-11-4-12-26-38/h1-34H. The highest BCUT2D eigenvalue weighted by atomic mass is 14.5. The van der Waals surface area contributed by atoms with Gasteiger partial charge in [0.15, 0.2) is 0 Å². The Morgan fingerprint density at radius 1 is 0.241 bits per heavy atom. The fourth-order valence-corrected chi connectivity index (χ4v) is 11.0. The van der Waals surface area contributed by atoms with Crippen molar-refractivity contribution in [1.29, 1.82) is 0 Å². The van der Waals surface area contributed by atoms with Gasteiger partial charge in [0, 0.05) is 0 Å². The fraction of sp³-hybridized carbons (Fsp3) is 0.0370. The zero-order valence-corrected chi connectivity index (χ0v) is 29.6. The van der Waals surface area contributed by atoms with Crippen molar-refractivity contribution in [3.8, 4) is 22.3 Å². The van der Waals surface area contributed by atoms with E-state index < -0.39 is 10.8 Å². The van der Waals surface area contributed by atoms with E-state index in [0.717, 1.165) is 0 Å². The van der Waals surface area contributed by atoms with Crippen LogP contribution in [0.5, 0.6) is 0 Å². The summed E-state index contributed by atoms with van der Waals surface area (Å²) in [5.74, 6) is 0. The zero-order chi connectivity index (χ0) is 35.4. The van der Waals surface area contributed by atoms with Crippen molar-refractivity contribution in [3.05, 3.63) is 251 Å². The second-order valence-electron chi connectivity index (χ2n) is 15.0. The molecule has 0 heterocycles. The summed E-state index contributed by atoms with van der Waals surface area (Å²) in [5.41, 5.74) is 14.9. The molecule has 0 saturated carbocycles. The van der Waals surface area contributed by atoms with Gasteiger partial charge in [0.1, 0.15) is 0 Å². The van der Waals surface area contributed by atoms with E-state index in [2.05, 4.69) is 206 Å². The average molecular weight is 683 g/mol. The van der Waals surface area contributed by atoms with Crippen LogP contribution >= 0.6 is 0 Å². The Balaban J connectivity index is 1.36. The molecule has 0 radical (unpaired) electrons. The van der Waals surface area contributed by atoms with Gasteiger partial charge in [-0.15, -0.1) is 0 Å². The predicted octanol–water partition coefficient (Wildman–Crippen LogP) is 13.3. The van der Waals surface area contributed by atoms with Crippen molar-refractivity contribution in [1.82, 2.24) is 0 Å². The van der Waals surface area contributed by atoms with Crippen LogP contribution in [0.3, 0.4) is 0 Å². The Morgan fingerprint density at radius 2 is 0.537 bits per heavy atom. The van der Waals surface area contributed by atoms with Crippen LogP contribution in [0.4, 0.5) is 0 Å². The molecule has 2 aliphatic rings. The van der Waals surface area contributed by atoms with Crippen molar-refractivity contribution >= 4 is 32.3 Å². The third-order valence-electron chi connectivity index (χ3n) is 12.7. The maximum atomic E-state index is 2.42. The van der Waals surface area contributed by atoms with Gasteiger partial charge in [-0.25, -0.2) is 0 Å². The van der Waals surface area contributed by atoms with Crippen LogP contribution in [0, 0.1) is 0 Å². The van der Waals surface area contributed by atoms with Crippen molar-refractivity contribution in [2.24, 2.45) is 0 Å². The maximum Gasteiger partial charge on any atom is 0.0719 e. The first-order chi connectivity index (χ1) is 26.8. The quantitative estimate of drug-likeness (QED) is 0.162. The minimum atomic E-state index is -0.513. The second-order valence-corrected chi connectivity index (χ2v) is 15.0. The topological polar surface area (TPSA) is 0 Å². The highest BCUT2D eigenvalue weighted by molar-refractivity contribution is 6.33. The third-order valence-corrected chi connectivity index (χ3v) is 12.7. The van der Waals surface area contributed by atoms with Crippen LogP contribution < -0.4 is 0 Å². The van der Waals surface area contributed by atoms with Gasteiger partial charge in [-0.2, -0.15) is 0 Å². The van der Waals surface area contributed by atoms with Crippen molar-refractivity contribution in [2.45, 2.75) is 10.8 Å². The lowest BCUT2D eigenvalue weighted by Gasteiger charge is -2.36. The summed E-state index contributed by atoms with van der Waals surface area (Å²) < 4.78 is 0. The predicted molar refractivity (Wildman–Crippen MR) is 225 cm³/mol. The van der Waals surface area contributed by atoms with E-state index in [-0.39, 0.29) is 0 Å². The van der Waals surface area contributed by atoms with Gasteiger partial charge >= 0.3 is 0 Å². The monoisotopic (exact) mass is 682 g/mol. The average Bonchev–Trinajstić information content (AvgIpc) is 3.75. The molecular weight excluding hydrogens is 649 g/mol. The van der Waals surface area contributed by atoms with Crippen LogP contribution in [0.15, 0.2) is 206 Å². The molecule has 0 atom stereocenters. The molecule has 0 aromatic heterocycles. The molecule has 0 saturated heterocycles. The van der Waals surface area contributed by atoms with Crippen molar-refractivity contribution < 1.29 is 0 Å². The van der Waals surface area contributed by atoms with E-state index >= 15 is 0 Å². The highest BCUT2D eigenvalue weighted by Gasteiger charge is 2.51. The normalized spacial score (nSPS) is 14.6. The van der Waals surface area contributed by atoms with Crippen LogP contribution in [0.1, 0.15) is 44.5 Å². The molecule has 10 aromatic rings. The summed E-state index contributed by atoms with van der Waals surface area (Å²) in [6.45, 7) is 0. The molecule has 0 fully saturated rings. The lowest BCUT2D eigenvalue weighted by Crippen LogP contribution is -2.29. The van der Waals surface area contributed by atoms with E-state index in [1.165, 1.54) is 99.1 Å². The van der Waals surface area contributed by atoms with Gasteiger partial charge < -0.3 is 0 Å². The first kappa shape index (κ1) is 29.8. The van der Waals surface area contributed by atoms with Gasteiger partial charge in [-0.1, -0.05) is 206 Å². The summed E-state index contributed by atoms with van der Waals surface area (Å²) >= 11 is 0. The van der Waals surface area contributed by atoms with E-state index in [0.29, 0.717) is 0 Å². The molecule has 54 heavy (non-hydrogen) atoms. The number of fused-ring (bicyclic) bond motifs is 10. The van der Waals surface area contributed by atoms with E-state index in [1.807, 2.05) is 0 Å². The number of rotatable bonds is 4. The summed E-state index contributed by atoms with van der Waals surface area (Å²) in [7, 11) is 0. The Bertz CT molecular complexity index is 2780. The van der Waals surface area contributed by atoms with Gasteiger partial charge in [0.05, 0.1) is 10.8 Å². The van der Waals surface area contributed by atoms with Gasteiger partial charge in [0.2, 0.25) is 0 Å². The van der Waals surface area contributed by atoms with Gasteiger partial charge in [-0.3, -0.25) is 0 Å². The van der Waals surface area contributed by atoms with Crippen LogP contribution in [-0.2, 0) is 10.8 Å². The van der Waals surface area contributed by atoms with Crippen molar-refractivity contribution in [3.63, 3.8) is 0 Å². The first-order valence-electron chi connectivity index (χ1n) is 19.0. The fourth-order valence-electron chi connectivity index (χ4n) is 11.0. The van der Waals surface area contributed by atoms with Crippen LogP contribution in [0.25, 0.3) is 54.6 Å². The Morgan fingerprint density at radius 3 is 0.907 bits per heavy atom. The molecular formula is C54H34. The molecule has 0 amide bonds. The van der Waals surface area contributed by atoms with Gasteiger partial charge in [-0.05, 0) is 99.1 Å². The molecule has 12 rings (SSSR count). The number of benzene rings is 10. The first-order valence-corrected chi connectivity index (χ1v) is 19.0. The molecule has 2 aliphatic carbocycles. The second kappa shape index (κ2) is 10.9. The lowest BCUT2D eigenvalue weighted by atomic mass is 9.64. The largest absolute Gasteiger partial charge is 0.0719 e. The summed E-state index contributed by atoms with van der Waals surface area (Å²) in [5, 5.41) is 8.01. The molecule has 0 N–H and O–H groups in total. The molecule has 0 bridgehead atoms. The minimum Gasteiger partial charge on any atom is -0.0622 e. The zero-order valence-electron chi connectivity index (χ0n) is 29.6. The highest BCUT2D eigenvalue weighted by Crippen LogP contribution is 2.65. The van der Waals surface area contributed by atoms with E-state index in [4.69, 9.17) is 0 Å². The minimum absolute atomic E-state index is 0.513. The lowest BCUT2D eigenvalue weighted by molar-refractivity contribution is 0.774. The Kier molecular flexibility index (Phi) is 6.00. The molecule has 0 unspecified atom stereocenters. The van der Waals surface area contributed by atoms with Crippen LogP contribution in [-0.4, -0.2) is 0 Å². The summed E-state index contributed by atoms with van der Waals surface area (Å²) in [6.07, 6.45) is 0. The molecule has 0 aliphatic heterocycles. The molecule has 250 valence electrons. The third kappa shape index (κ3) is 3.49. The smallest absolute Gasteiger partial charge is 0.0622 e. The molecule has 0 spiro atoms. The van der Waals surface area contributed by atoms with E-state index in [1.54, 1.807) is 0 Å².